The van der Waals surface area contributed by atoms with Crippen LogP contribution in [-0.2, 0) is 10.5 Å². The van der Waals surface area contributed by atoms with Crippen molar-refractivity contribution in [2.45, 2.75) is 23.8 Å². The normalized spacial score (nSPS) is 17.9. The number of nitrogens with two attached hydrogens (primary N) is 1. The molecule has 1 fully saturated rings. The quantitative estimate of drug-likeness (QED) is 0.854. The summed E-state index contributed by atoms with van der Waals surface area (Å²) in [6, 6.07) is 3.91. The molecular weight excluding hydrogens is 208 g/mol. The van der Waals surface area contributed by atoms with Crippen LogP contribution >= 0.6 is 11.8 Å². The van der Waals surface area contributed by atoms with Crippen molar-refractivity contribution >= 4 is 17.6 Å². The number of anilines is 1. The lowest BCUT2D eigenvalue weighted by molar-refractivity contribution is 0.1000. The van der Waals surface area contributed by atoms with E-state index in [0.717, 1.165) is 24.2 Å². The van der Waals surface area contributed by atoms with Crippen LogP contribution in [-0.4, -0.2) is 23.4 Å². The van der Waals surface area contributed by atoms with Crippen LogP contribution in [0.1, 0.15) is 18.4 Å². The Morgan fingerprint density at radius 3 is 2.87 bits per heavy atom. The molecule has 0 bridgehead atoms. The fourth-order valence-corrected chi connectivity index (χ4v) is 2.70. The van der Waals surface area contributed by atoms with Crippen molar-refractivity contribution in [1.82, 2.24) is 4.98 Å². The number of thioether (sulfide) groups is 1. The number of hydrogen-bond acceptors (Lipinski definition) is 4. The fraction of sp³-hybridized carbons (Fsp3) is 0.545. The van der Waals surface area contributed by atoms with Crippen molar-refractivity contribution in [3.63, 3.8) is 0 Å². The van der Waals surface area contributed by atoms with E-state index in [4.69, 9.17) is 10.5 Å². The average Bonchev–Trinajstić information content (AvgIpc) is 2.30. The molecule has 2 heterocycles. The number of nitrogens with zero attached hydrogens (tertiary/aromatic N) is 1. The molecule has 3 nitrogen and oxygen atoms in total. The maximum atomic E-state index is 5.53. The number of nitrogen functional groups attached to an aromatic ring is 1. The standard InChI is InChI=1S/C11H16N2OS/c12-11-2-1-9(7-13-11)8-15-10-3-5-14-6-4-10/h1-2,7,10H,3-6,8H2,(H2,12,13). The van der Waals surface area contributed by atoms with Crippen molar-refractivity contribution < 1.29 is 4.74 Å². The van der Waals surface area contributed by atoms with Crippen molar-refractivity contribution in [2.75, 3.05) is 18.9 Å². The Morgan fingerprint density at radius 2 is 2.20 bits per heavy atom. The molecule has 0 unspecified atom stereocenters. The molecule has 1 aliphatic heterocycles. The summed E-state index contributed by atoms with van der Waals surface area (Å²) in [4.78, 5) is 4.08. The van der Waals surface area contributed by atoms with Gasteiger partial charge in [0.1, 0.15) is 5.82 Å². The highest BCUT2D eigenvalue weighted by Gasteiger charge is 2.13. The molecule has 1 aromatic heterocycles. The number of ether oxygens (including phenoxy) is 1. The molecule has 0 radical (unpaired) electrons. The lowest BCUT2D eigenvalue weighted by Crippen LogP contribution is -2.17. The zero-order chi connectivity index (χ0) is 10.5. The van der Waals surface area contributed by atoms with E-state index in [2.05, 4.69) is 11.1 Å². The Bertz CT molecular complexity index is 296. The van der Waals surface area contributed by atoms with Gasteiger partial charge in [-0.05, 0) is 24.5 Å². The van der Waals surface area contributed by atoms with E-state index in [0.29, 0.717) is 5.82 Å². The Kier molecular flexibility index (Phi) is 3.86. The molecule has 1 saturated heterocycles. The van der Waals surface area contributed by atoms with Gasteiger partial charge in [0.25, 0.3) is 0 Å². The molecule has 2 N–H and O–H groups in total. The van der Waals surface area contributed by atoms with E-state index < -0.39 is 0 Å². The lowest BCUT2D eigenvalue weighted by Gasteiger charge is -2.21. The molecule has 15 heavy (non-hydrogen) atoms. The van der Waals surface area contributed by atoms with Gasteiger partial charge in [0.15, 0.2) is 0 Å². The topological polar surface area (TPSA) is 48.1 Å². The molecule has 0 aromatic carbocycles. The maximum Gasteiger partial charge on any atom is 0.123 e. The van der Waals surface area contributed by atoms with E-state index in [1.165, 1.54) is 18.4 Å². The van der Waals surface area contributed by atoms with Crippen molar-refractivity contribution in [1.29, 1.82) is 0 Å². The van der Waals surface area contributed by atoms with Gasteiger partial charge in [-0.2, -0.15) is 11.8 Å². The summed E-state index contributed by atoms with van der Waals surface area (Å²) >= 11 is 2.00. The monoisotopic (exact) mass is 224 g/mol. The van der Waals surface area contributed by atoms with Crippen LogP contribution in [0.15, 0.2) is 18.3 Å². The second kappa shape index (κ2) is 5.37. The third kappa shape index (κ3) is 3.39. The van der Waals surface area contributed by atoms with E-state index >= 15 is 0 Å². The van der Waals surface area contributed by atoms with Crippen LogP contribution in [0.3, 0.4) is 0 Å². The molecule has 0 aliphatic carbocycles. The largest absolute Gasteiger partial charge is 0.384 e. The van der Waals surface area contributed by atoms with Gasteiger partial charge in [-0.3, -0.25) is 0 Å². The van der Waals surface area contributed by atoms with Crippen LogP contribution in [0.25, 0.3) is 0 Å². The molecule has 1 aliphatic rings. The third-order valence-corrected chi connectivity index (χ3v) is 3.94. The summed E-state index contributed by atoms with van der Waals surface area (Å²) < 4.78 is 5.33. The van der Waals surface area contributed by atoms with Crippen molar-refractivity contribution in [2.24, 2.45) is 0 Å². The average molecular weight is 224 g/mol. The Morgan fingerprint density at radius 1 is 1.40 bits per heavy atom. The first-order valence-corrected chi connectivity index (χ1v) is 6.29. The second-order valence-corrected chi connectivity index (χ2v) is 5.00. The third-order valence-electron chi connectivity index (χ3n) is 2.50. The minimum Gasteiger partial charge on any atom is -0.384 e. The van der Waals surface area contributed by atoms with E-state index in [-0.39, 0.29) is 0 Å². The summed E-state index contributed by atoms with van der Waals surface area (Å²) in [6.45, 7) is 1.83. The van der Waals surface area contributed by atoms with Gasteiger partial charge in [0.05, 0.1) is 0 Å². The SMILES string of the molecule is Nc1ccc(CSC2CCOCC2)cn1. The van der Waals surface area contributed by atoms with Crippen LogP contribution in [0.5, 0.6) is 0 Å². The van der Waals surface area contributed by atoms with E-state index in [9.17, 15) is 0 Å². The molecule has 82 valence electrons. The predicted molar refractivity (Wildman–Crippen MR) is 63.8 cm³/mol. The smallest absolute Gasteiger partial charge is 0.123 e. The zero-order valence-corrected chi connectivity index (χ0v) is 9.50. The van der Waals surface area contributed by atoms with Crippen LogP contribution in [0, 0.1) is 0 Å². The van der Waals surface area contributed by atoms with Gasteiger partial charge >= 0.3 is 0 Å². The maximum absolute atomic E-state index is 5.53. The van der Waals surface area contributed by atoms with E-state index in [1.807, 2.05) is 24.0 Å². The molecule has 0 atom stereocenters. The van der Waals surface area contributed by atoms with Gasteiger partial charge in [0, 0.05) is 30.4 Å². The number of pyridine rings is 1. The van der Waals surface area contributed by atoms with Gasteiger partial charge in [0.2, 0.25) is 0 Å². The first-order chi connectivity index (χ1) is 7.34. The Labute approximate surface area is 94.4 Å². The lowest BCUT2D eigenvalue weighted by atomic mass is 10.2. The van der Waals surface area contributed by atoms with Crippen LogP contribution in [0.2, 0.25) is 0 Å². The highest BCUT2D eigenvalue weighted by Crippen LogP contribution is 2.25. The Hall–Kier alpha value is -0.740. The predicted octanol–water partition coefficient (Wildman–Crippen LogP) is 2.08. The minimum absolute atomic E-state index is 0.592. The first-order valence-electron chi connectivity index (χ1n) is 5.24. The number of rotatable bonds is 3. The molecular formula is C11H16N2OS. The Balaban J connectivity index is 1.79. The summed E-state index contributed by atoms with van der Waals surface area (Å²) in [5.74, 6) is 1.62. The van der Waals surface area contributed by atoms with Gasteiger partial charge in [-0.1, -0.05) is 6.07 Å². The fourth-order valence-electron chi connectivity index (χ4n) is 1.58. The van der Waals surface area contributed by atoms with Gasteiger partial charge < -0.3 is 10.5 Å². The summed E-state index contributed by atoms with van der Waals surface area (Å²) in [5.41, 5.74) is 6.78. The van der Waals surface area contributed by atoms with Crippen molar-refractivity contribution in [3.8, 4) is 0 Å². The number of hydrogen-bond donors (Lipinski definition) is 1. The van der Waals surface area contributed by atoms with Gasteiger partial charge in [-0.25, -0.2) is 4.98 Å². The molecule has 0 saturated carbocycles. The molecule has 0 amide bonds. The van der Waals surface area contributed by atoms with Crippen LogP contribution in [0.4, 0.5) is 5.82 Å². The summed E-state index contributed by atoms with van der Waals surface area (Å²) in [5, 5.41) is 0.747. The number of aromatic nitrogens is 1. The van der Waals surface area contributed by atoms with Crippen molar-refractivity contribution in [3.05, 3.63) is 23.9 Å². The highest BCUT2D eigenvalue weighted by atomic mass is 32.2. The van der Waals surface area contributed by atoms with Gasteiger partial charge in [-0.15, -0.1) is 0 Å². The molecule has 2 rings (SSSR count). The second-order valence-electron chi connectivity index (χ2n) is 3.71. The summed E-state index contributed by atoms with van der Waals surface area (Å²) in [7, 11) is 0. The molecule has 4 heteroatoms. The zero-order valence-electron chi connectivity index (χ0n) is 8.69. The molecule has 0 spiro atoms. The van der Waals surface area contributed by atoms with Crippen LogP contribution < -0.4 is 5.73 Å². The first kappa shape index (κ1) is 10.8. The minimum atomic E-state index is 0.592. The molecule has 1 aromatic rings. The highest BCUT2D eigenvalue weighted by molar-refractivity contribution is 7.99. The summed E-state index contributed by atoms with van der Waals surface area (Å²) in [6.07, 6.45) is 4.21. The van der Waals surface area contributed by atoms with E-state index in [1.54, 1.807) is 0 Å².